The Morgan fingerprint density at radius 3 is 1.73 bits per heavy atom. The molecule has 0 aliphatic carbocycles. The van der Waals surface area contributed by atoms with E-state index in [0.29, 0.717) is 31.3 Å². The number of alkyl carbamates (subject to hydrolysis) is 2. The van der Waals surface area contributed by atoms with E-state index >= 15 is 0 Å². The van der Waals surface area contributed by atoms with Gasteiger partial charge in [0.1, 0.15) is 34.6 Å². The summed E-state index contributed by atoms with van der Waals surface area (Å²) in [5.41, 5.74) is 2.47. The first-order valence-electron chi connectivity index (χ1n) is 13.6. The minimum Gasteiger partial charge on any atom is -0.480 e. The molecule has 49 heavy (non-hydrogen) atoms. The Morgan fingerprint density at radius 1 is 0.878 bits per heavy atom. The third-order valence-electron chi connectivity index (χ3n) is 4.56. The number of nitrogens with one attached hydrogen (secondary N) is 3. The second kappa shape index (κ2) is 21.9. The maximum Gasteiger partial charge on any atom is 0.408 e. The predicted molar refractivity (Wildman–Crippen MR) is 164 cm³/mol. The van der Waals surface area contributed by atoms with Crippen molar-refractivity contribution in [3.8, 4) is 0 Å². The lowest BCUT2D eigenvalue weighted by Gasteiger charge is -2.22. The van der Waals surface area contributed by atoms with Gasteiger partial charge in [0.05, 0.1) is 22.0 Å². The molecule has 0 fully saturated rings. The molecular weight excluding hydrogens is 669 g/mol. The van der Waals surface area contributed by atoms with Gasteiger partial charge >= 0.3 is 30.0 Å². The number of ether oxygens (including phenoxy) is 2. The fourth-order valence-corrected chi connectivity index (χ4v) is 2.78. The highest BCUT2D eigenvalue weighted by Crippen LogP contribution is 2.25. The molecule has 18 nitrogen and oxygen atoms in total. The van der Waals surface area contributed by atoms with E-state index in [4.69, 9.17) is 29.9 Å². The molecule has 6 N–H and O–H groups in total. The molecule has 272 valence electrons. The smallest absolute Gasteiger partial charge is 0.408 e. The first kappa shape index (κ1) is 45.3. The summed E-state index contributed by atoms with van der Waals surface area (Å²) in [6.07, 6.45) is -1.10. The normalized spacial score (nSPS) is 10.7. The zero-order valence-corrected chi connectivity index (χ0v) is 27.2. The monoisotopic (exact) mass is 706 g/mol. The van der Waals surface area contributed by atoms with Crippen LogP contribution in [0.3, 0.4) is 0 Å². The number of carboxylic acid groups (broad SMARTS) is 1. The van der Waals surface area contributed by atoms with Crippen LogP contribution in [0.2, 0.25) is 0 Å². The van der Waals surface area contributed by atoms with Crippen LogP contribution in [0.4, 0.5) is 39.8 Å². The predicted octanol–water partition coefficient (Wildman–Crippen LogP) is 3.88. The summed E-state index contributed by atoms with van der Waals surface area (Å²) in [4.78, 5) is 69.0. The number of nitrogens with zero attached hydrogens (tertiary/aromatic N) is 2. The van der Waals surface area contributed by atoms with Crippen LogP contribution in [-0.4, -0.2) is 76.1 Å². The molecule has 0 saturated heterocycles. The number of rotatable bonds is 9. The van der Waals surface area contributed by atoms with Gasteiger partial charge in [0.15, 0.2) is 0 Å². The van der Waals surface area contributed by atoms with Crippen molar-refractivity contribution in [1.29, 1.82) is 0 Å². The molecule has 0 radical (unpaired) electrons. The Hall–Kier alpha value is -5.82. The summed E-state index contributed by atoms with van der Waals surface area (Å²) in [7, 11) is 0. The minimum atomic E-state index is -1.40. The molecule has 2 amide bonds. The van der Waals surface area contributed by atoms with Gasteiger partial charge in [-0.05, 0) is 65.8 Å². The van der Waals surface area contributed by atoms with Crippen molar-refractivity contribution in [1.82, 2.24) is 10.6 Å². The van der Waals surface area contributed by atoms with Crippen LogP contribution in [0, 0.1) is 37.7 Å². The average molecular weight is 707 g/mol. The van der Waals surface area contributed by atoms with Crippen molar-refractivity contribution in [2.24, 2.45) is 5.73 Å². The van der Waals surface area contributed by atoms with E-state index in [1.807, 2.05) is 20.8 Å². The minimum absolute atomic E-state index is 0.0707. The van der Waals surface area contributed by atoms with Crippen LogP contribution in [0.25, 0.3) is 0 Å². The van der Waals surface area contributed by atoms with E-state index < -0.39 is 74.1 Å². The number of hydrogen-bond donors (Lipinski definition) is 5. The van der Waals surface area contributed by atoms with Crippen molar-refractivity contribution in [2.75, 3.05) is 25.0 Å². The molecular formula is C28H37F3N6O12. The van der Waals surface area contributed by atoms with E-state index in [2.05, 4.69) is 16.0 Å². The van der Waals surface area contributed by atoms with Gasteiger partial charge in [-0.3, -0.25) is 20.2 Å². The van der Waals surface area contributed by atoms with E-state index in [1.54, 1.807) is 20.8 Å². The molecule has 0 aromatic heterocycles. The van der Waals surface area contributed by atoms with Gasteiger partial charge in [0, 0.05) is 19.6 Å². The average Bonchev–Trinajstić information content (AvgIpc) is 2.95. The van der Waals surface area contributed by atoms with Crippen LogP contribution >= 0.6 is 0 Å². The number of anilines is 1. The Labute approximate surface area is 277 Å². The van der Waals surface area contributed by atoms with Crippen molar-refractivity contribution in [3.63, 3.8) is 0 Å². The lowest BCUT2D eigenvalue weighted by atomic mass is 10.2. The number of benzene rings is 2. The standard InChI is InChI=1S/C14H18FN3O6.C7H16N2O2.C6H3F2NO2.CO2/c1-14(2,3)24-13(21)17-10(12(19)20)7-16-9-5-4-8(15)6-11(9)18(22)23;1-7(2,3)11-6(10)9-5-4-8;7-4-1-2-5(8)6(3-4)9(10)11;2-1-3/h4-6,10,16H,7H2,1-3H3,(H,17,21)(H,19,20);4-5,8H2,1-3H3,(H,9,10);1-3H;/t10-;;;/m0.../s1. The number of halogens is 3. The van der Waals surface area contributed by atoms with E-state index in [-0.39, 0.29) is 18.4 Å². The first-order chi connectivity index (χ1) is 22.5. The van der Waals surface area contributed by atoms with Gasteiger partial charge in [-0.1, -0.05) is 0 Å². The summed E-state index contributed by atoms with van der Waals surface area (Å²) in [5, 5.41) is 37.1. The fourth-order valence-electron chi connectivity index (χ4n) is 2.78. The number of amides is 2. The lowest BCUT2D eigenvalue weighted by molar-refractivity contribution is -0.387. The molecule has 0 bridgehead atoms. The fraction of sp³-hybridized carbons (Fsp3) is 0.429. The maximum atomic E-state index is 13.1. The van der Waals surface area contributed by atoms with Crippen LogP contribution in [0.15, 0.2) is 36.4 Å². The van der Waals surface area contributed by atoms with Gasteiger partial charge < -0.3 is 36.3 Å². The van der Waals surface area contributed by atoms with Crippen LogP contribution < -0.4 is 21.7 Å². The zero-order valence-electron chi connectivity index (χ0n) is 27.2. The molecule has 2 aromatic carbocycles. The Kier molecular flexibility index (Phi) is 20.2. The highest BCUT2D eigenvalue weighted by molar-refractivity contribution is 5.81. The Balaban J connectivity index is 0. The van der Waals surface area contributed by atoms with Crippen molar-refractivity contribution < 1.29 is 61.6 Å². The second-order valence-corrected chi connectivity index (χ2v) is 11.0. The second-order valence-electron chi connectivity index (χ2n) is 11.0. The summed E-state index contributed by atoms with van der Waals surface area (Å²) < 4.78 is 47.6. The number of nitrogens with two attached hydrogens (primary N) is 1. The van der Waals surface area contributed by atoms with Crippen LogP contribution in [-0.2, 0) is 23.9 Å². The van der Waals surface area contributed by atoms with Gasteiger partial charge in [-0.15, -0.1) is 0 Å². The molecule has 0 heterocycles. The third-order valence-corrected chi connectivity index (χ3v) is 4.56. The largest absolute Gasteiger partial charge is 0.480 e. The molecule has 0 unspecified atom stereocenters. The number of hydrogen-bond acceptors (Lipinski definition) is 13. The molecule has 2 rings (SSSR count). The number of carbonyl (C=O) groups excluding carboxylic acids is 4. The van der Waals surface area contributed by atoms with Gasteiger partial charge in [0.25, 0.3) is 5.69 Å². The highest BCUT2D eigenvalue weighted by Gasteiger charge is 2.25. The number of carboxylic acids is 1. The van der Waals surface area contributed by atoms with Gasteiger partial charge in [-0.25, -0.2) is 23.2 Å². The first-order valence-corrected chi connectivity index (χ1v) is 13.6. The summed E-state index contributed by atoms with van der Waals surface area (Å²) in [6.45, 7) is 10.8. The van der Waals surface area contributed by atoms with E-state index in [0.717, 1.165) is 18.2 Å². The van der Waals surface area contributed by atoms with Gasteiger partial charge in [0.2, 0.25) is 5.82 Å². The Morgan fingerprint density at radius 2 is 1.33 bits per heavy atom. The SMILES string of the molecule is CC(C)(C)OC(=O)NCCN.CC(C)(C)OC(=O)N[C@@H](CNc1ccc(F)cc1[N+](=O)[O-])C(=O)O.O=C=O.O=[N+]([O-])c1cc(F)ccc1F. The highest BCUT2D eigenvalue weighted by atomic mass is 19.1. The maximum absolute atomic E-state index is 13.1. The lowest BCUT2D eigenvalue weighted by Crippen LogP contribution is -2.47. The Bertz CT molecular complexity index is 1460. The molecule has 21 heteroatoms. The quantitative estimate of drug-likeness (QED) is 0.183. The number of aliphatic carboxylic acids is 1. The summed E-state index contributed by atoms with van der Waals surface area (Å²) in [5.74, 6) is -4.01. The number of carbonyl (C=O) groups is 3. The molecule has 0 aliphatic heterocycles. The van der Waals surface area contributed by atoms with Crippen molar-refractivity contribution in [3.05, 3.63) is 74.1 Å². The summed E-state index contributed by atoms with van der Waals surface area (Å²) in [6, 6.07) is 3.49. The molecule has 0 aliphatic rings. The van der Waals surface area contributed by atoms with Crippen molar-refractivity contribution >= 4 is 41.4 Å². The molecule has 0 spiro atoms. The third kappa shape index (κ3) is 22.4. The summed E-state index contributed by atoms with van der Waals surface area (Å²) >= 11 is 0. The number of nitro benzene ring substituents is 2. The zero-order chi connectivity index (χ0) is 38.5. The van der Waals surface area contributed by atoms with E-state index in [1.165, 1.54) is 0 Å². The molecule has 2 aromatic rings. The van der Waals surface area contributed by atoms with Crippen LogP contribution in [0.1, 0.15) is 41.5 Å². The molecule has 0 saturated carbocycles. The molecule has 1 atom stereocenters. The van der Waals surface area contributed by atoms with Crippen LogP contribution in [0.5, 0.6) is 0 Å². The number of nitro groups is 2. The van der Waals surface area contributed by atoms with Gasteiger partial charge in [-0.2, -0.15) is 14.0 Å². The topological polar surface area (TPSA) is 272 Å². The van der Waals surface area contributed by atoms with Crippen molar-refractivity contribution in [2.45, 2.75) is 58.8 Å². The van der Waals surface area contributed by atoms with E-state index in [9.17, 15) is 47.8 Å².